The van der Waals surface area contributed by atoms with Crippen molar-refractivity contribution >= 4 is 17.4 Å². The molecule has 1 aromatic rings. The Morgan fingerprint density at radius 3 is 3.13 bits per heavy atom. The molecule has 4 nitrogen and oxygen atoms in total. The number of halogens is 1. The van der Waals surface area contributed by atoms with Gasteiger partial charge in [0.1, 0.15) is 5.82 Å². The molecule has 0 aliphatic carbocycles. The molecule has 0 radical (unpaired) electrons. The van der Waals surface area contributed by atoms with Crippen LogP contribution in [-0.4, -0.2) is 42.5 Å². The summed E-state index contributed by atoms with van der Waals surface area (Å²) in [5.74, 6) is 0.835. The molecule has 1 N–H and O–H groups in total. The van der Waals surface area contributed by atoms with Gasteiger partial charge in [0.15, 0.2) is 0 Å². The Hall–Kier alpha value is -0.840. The molecule has 0 spiro atoms. The summed E-state index contributed by atoms with van der Waals surface area (Å²) in [4.78, 5) is 6.27. The van der Waals surface area contributed by atoms with Gasteiger partial charge in [-0.05, 0) is 12.1 Å². The van der Waals surface area contributed by atoms with Crippen LogP contribution in [0.5, 0.6) is 0 Å². The molecular weight excluding hydrogens is 216 g/mol. The number of hydrogen-bond donors (Lipinski definition) is 1. The van der Waals surface area contributed by atoms with Gasteiger partial charge >= 0.3 is 0 Å². The van der Waals surface area contributed by atoms with Gasteiger partial charge in [0, 0.05) is 12.7 Å². The number of rotatable bonds is 2. The second-order valence-electron chi connectivity index (χ2n) is 3.44. The molecule has 2 heterocycles. The highest BCUT2D eigenvalue weighted by molar-refractivity contribution is 6.30. The maximum atomic E-state index is 9.20. The number of anilines is 1. The summed E-state index contributed by atoms with van der Waals surface area (Å²) in [5, 5.41) is 9.82. The lowest BCUT2D eigenvalue weighted by Crippen LogP contribution is -2.48. The lowest BCUT2D eigenvalue weighted by molar-refractivity contribution is 0.0723. The van der Waals surface area contributed by atoms with E-state index in [9.17, 15) is 5.11 Å². The molecule has 1 aromatic heterocycles. The smallest absolute Gasteiger partial charge is 0.129 e. The van der Waals surface area contributed by atoms with Crippen LogP contribution in [0, 0.1) is 0 Å². The van der Waals surface area contributed by atoms with E-state index in [-0.39, 0.29) is 12.6 Å². The van der Waals surface area contributed by atoms with Crippen molar-refractivity contribution in [3.05, 3.63) is 23.4 Å². The van der Waals surface area contributed by atoms with Crippen LogP contribution >= 0.6 is 11.6 Å². The van der Waals surface area contributed by atoms with Crippen LogP contribution in [0.3, 0.4) is 0 Å². The number of morpholine rings is 1. The van der Waals surface area contributed by atoms with E-state index in [0.717, 1.165) is 12.4 Å². The Balaban J connectivity index is 2.16. The van der Waals surface area contributed by atoms with Crippen molar-refractivity contribution in [2.75, 3.05) is 31.3 Å². The van der Waals surface area contributed by atoms with Gasteiger partial charge in [0.05, 0.1) is 30.9 Å². The third-order valence-corrected chi connectivity index (χ3v) is 2.67. The van der Waals surface area contributed by atoms with Gasteiger partial charge in [-0.3, -0.25) is 0 Å². The average Bonchev–Trinajstić information content (AvgIpc) is 2.30. The van der Waals surface area contributed by atoms with Gasteiger partial charge in [-0.25, -0.2) is 4.98 Å². The SMILES string of the molecule is OCC1COCCN1c1ccc(Cl)cn1. The number of hydrogen-bond acceptors (Lipinski definition) is 4. The Labute approximate surface area is 93.4 Å². The van der Waals surface area contributed by atoms with Gasteiger partial charge in [0.2, 0.25) is 0 Å². The van der Waals surface area contributed by atoms with Crippen molar-refractivity contribution in [2.45, 2.75) is 6.04 Å². The van der Waals surface area contributed by atoms with Crippen LogP contribution in [0.4, 0.5) is 5.82 Å². The molecule has 0 amide bonds. The molecule has 0 saturated carbocycles. The molecule has 82 valence electrons. The molecule has 0 aromatic carbocycles. The highest BCUT2D eigenvalue weighted by Crippen LogP contribution is 2.18. The quantitative estimate of drug-likeness (QED) is 0.818. The summed E-state index contributed by atoms with van der Waals surface area (Å²) in [6.07, 6.45) is 1.61. The van der Waals surface area contributed by atoms with Crippen LogP contribution in [0.25, 0.3) is 0 Å². The first-order chi connectivity index (χ1) is 7.31. The molecule has 1 aliphatic heterocycles. The highest BCUT2D eigenvalue weighted by atomic mass is 35.5. The van der Waals surface area contributed by atoms with Gasteiger partial charge in [0.25, 0.3) is 0 Å². The van der Waals surface area contributed by atoms with Crippen molar-refractivity contribution in [3.63, 3.8) is 0 Å². The number of aliphatic hydroxyl groups is 1. The van der Waals surface area contributed by atoms with E-state index in [0.29, 0.717) is 18.2 Å². The normalized spacial score (nSPS) is 21.7. The molecular formula is C10H13ClN2O2. The summed E-state index contributed by atoms with van der Waals surface area (Å²) in [6, 6.07) is 3.65. The Morgan fingerprint density at radius 1 is 1.60 bits per heavy atom. The van der Waals surface area contributed by atoms with Crippen molar-refractivity contribution < 1.29 is 9.84 Å². The molecule has 1 saturated heterocycles. The topological polar surface area (TPSA) is 45.6 Å². The van der Waals surface area contributed by atoms with E-state index in [4.69, 9.17) is 16.3 Å². The minimum atomic E-state index is -0.00701. The second kappa shape index (κ2) is 4.79. The maximum absolute atomic E-state index is 9.20. The Morgan fingerprint density at radius 2 is 2.47 bits per heavy atom. The lowest BCUT2D eigenvalue weighted by atomic mass is 10.2. The number of nitrogens with zero attached hydrogens (tertiary/aromatic N) is 2. The molecule has 1 aliphatic rings. The van der Waals surface area contributed by atoms with Crippen LogP contribution in [0.2, 0.25) is 5.02 Å². The second-order valence-corrected chi connectivity index (χ2v) is 3.88. The fourth-order valence-electron chi connectivity index (χ4n) is 1.65. The zero-order chi connectivity index (χ0) is 10.7. The molecule has 1 fully saturated rings. The minimum Gasteiger partial charge on any atom is -0.394 e. The molecule has 1 atom stereocenters. The van der Waals surface area contributed by atoms with Crippen molar-refractivity contribution in [2.24, 2.45) is 0 Å². The molecule has 2 rings (SSSR count). The zero-order valence-electron chi connectivity index (χ0n) is 8.27. The summed E-state index contributed by atoms with van der Waals surface area (Å²) in [6.45, 7) is 2.03. The van der Waals surface area contributed by atoms with Gasteiger partial charge < -0.3 is 14.7 Å². The van der Waals surface area contributed by atoms with Crippen molar-refractivity contribution in [1.82, 2.24) is 4.98 Å². The highest BCUT2D eigenvalue weighted by Gasteiger charge is 2.23. The summed E-state index contributed by atoms with van der Waals surface area (Å²) in [5.41, 5.74) is 0. The number of aromatic nitrogens is 1. The van der Waals surface area contributed by atoms with Crippen LogP contribution in [-0.2, 0) is 4.74 Å². The van der Waals surface area contributed by atoms with E-state index in [1.165, 1.54) is 0 Å². The monoisotopic (exact) mass is 228 g/mol. The predicted octanol–water partition coefficient (Wildman–Crippen LogP) is 0.932. The van der Waals surface area contributed by atoms with Crippen LogP contribution in [0.1, 0.15) is 0 Å². The van der Waals surface area contributed by atoms with Crippen molar-refractivity contribution in [1.29, 1.82) is 0 Å². The van der Waals surface area contributed by atoms with E-state index < -0.39 is 0 Å². The third kappa shape index (κ3) is 2.40. The standard InChI is InChI=1S/C10H13ClN2O2/c11-8-1-2-10(12-5-8)13-3-4-15-7-9(13)6-14/h1-2,5,9,14H,3-4,6-7H2. The first-order valence-corrected chi connectivity index (χ1v) is 5.26. The van der Waals surface area contributed by atoms with E-state index in [1.54, 1.807) is 12.3 Å². The number of aliphatic hydroxyl groups excluding tert-OH is 1. The molecule has 5 heteroatoms. The van der Waals surface area contributed by atoms with Crippen LogP contribution < -0.4 is 4.90 Å². The largest absolute Gasteiger partial charge is 0.394 e. The van der Waals surface area contributed by atoms with Gasteiger partial charge in [-0.2, -0.15) is 0 Å². The predicted molar refractivity (Wildman–Crippen MR) is 58.3 cm³/mol. The molecule has 1 unspecified atom stereocenters. The number of ether oxygens (including phenoxy) is 1. The van der Waals surface area contributed by atoms with E-state index >= 15 is 0 Å². The molecule has 0 bridgehead atoms. The third-order valence-electron chi connectivity index (χ3n) is 2.44. The average molecular weight is 229 g/mol. The molecule has 15 heavy (non-hydrogen) atoms. The summed E-state index contributed by atoms with van der Waals surface area (Å²) in [7, 11) is 0. The van der Waals surface area contributed by atoms with Gasteiger partial charge in [-0.1, -0.05) is 11.6 Å². The minimum absolute atomic E-state index is 0.00701. The zero-order valence-corrected chi connectivity index (χ0v) is 9.02. The van der Waals surface area contributed by atoms with Crippen LogP contribution in [0.15, 0.2) is 18.3 Å². The fraction of sp³-hybridized carbons (Fsp3) is 0.500. The first-order valence-electron chi connectivity index (χ1n) is 4.88. The van der Waals surface area contributed by atoms with E-state index in [1.807, 2.05) is 11.0 Å². The number of pyridine rings is 1. The Bertz CT molecular complexity index is 318. The summed E-state index contributed by atoms with van der Waals surface area (Å²) < 4.78 is 5.29. The maximum Gasteiger partial charge on any atom is 0.129 e. The first kappa shape index (κ1) is 10.7. The fourth-order valence-corrected chi connectivity index (χ4v) is 1.76. The summed E-state index contributed by atoms with van der Waals surface area (Å²) >= 11 is 5.77. The van der Waals surface area contributed by atoms with Gasteiger partial charge in [-0.15, -0.1) is 0 Å². The van der Waals surface area contributed by atoms with Crippen molar-refractivity contribution in [3.8, 4) is 0 Å². The lowest BCUT2D eigenvalue weighted by Gasteiger charge is -2.35. The Kier molecular flexibility index (Phi) is 3.41. The van der Waals surface area contributed by atoms with E-state index in [2.05, 4.69) is 4.98 Å².